The summed E-state index contributed by atoms with van der Waals surface area (Å²) in [5.74, 6) is 2.53. The van der Waals surface area contributed by atoms with Gasteiger partial charge in [-0.2, -0.15) is 10.1 Å². The fourth-order valence-electron chi connectivity index (χ4n) is 5.92. The van der Waals surface area contributed by atoms with Gasteiger partial charge in [-0.15, -0.1) is 0 Å². The summed E-state index contributed by atoms with van der Waals surface area (Å²) < 4.78 is 7.09. The highest BCUT2D eigenvalue weighted by Gasteiger charge is 2.37. The summed E-state index contributed by atoms with van der Waals surface area (Å²) in [6, 6.07) is 9.86. The van der Waals surface area contributed by atoms with E-state index in [1.165, 1.54) is 23.3 Å². The van der Waals surface area contributed by atoms with E-state index in [2.05, 4.69) is 57.5 Å². The van der Waals surface area contributed by atoms with Crippen LogP contribution in [0.3, 0.4) is 0 Å². The Morgan fingerprint density at radius 3 is 2.43 bits per heavy atom. The molecule has 2 aliphatic rings. The van der Waals surface area contributed by atoms with Crippen molar-refractivity contribution in [2.24, 2.45) is 7.05 Å². The Bertz CT molecular complexity index is 1620. The minimum Gasteiger partial charge on any atom is -0.495 e. The molecule has 6 rings (SSSR count). The molecular formula is C31H37N9O2. The smallest absolute Gasteiger partial charge is 0.336 e. The van der Waals surface area contributed by atoms with E-state index in [1.54, 1.807) is 41.2 Å². The minimum absolute atomic E-state index is 0.261. The normalized spacial score (nSPS) is 16.1. The first kappa shape index (κ1) is 27.6. The first-order chi connectivity index (χ1) is 20.2. The second-order valence-electron chi connectivity index (χ2n) is 11.2. The Hall–Kier alpha value is -4.51. The van der Waals surface area contributed by atoms with Gasteiger partial charge < -0.3 is 15.0 Å². The van der Waals surface area contributed by atoms with E-state index in [0.717, 1.165) is 47.0 Å². The molecule has 3 aromatic heterocycles. The van der Waals surface area contributed by atoms with Crippen LogP contribution in [0.25, 0.3) is 0 Å². The van der Waals surface area contributed by atoms with Crippen LogP contribution in [-0.4, -0.2) is 62.9 Å². The Kier molecular flexibility index (Phi) is 7.28. The van der Waals surface area contributed by atoms with Crippen LogP contribution in [0, 0.1) is 20.8 Å². The predicted octanol–water partition coefficient (Wildman–Crippen LogP) is 5.37. The summed E-state index contributed by atoms with van der Waals surface area (Å²) in [5, 5.41) is 7.93. The number of anilines is 5. The number of nitrogens with zero attached hydrogens (tertiary/aromatic N) is 8. The number of aryl methyl sites for hydroxylation is 3. The third-order valence-electron chi connectivity index (χ3n) is 8.42. The molecule has 1 aromatic carbocycles. The molecule has 2 aliphatic heterocycles. The molecule has 11 heteroatoms. The van der Waals surface area contributed by atoms with Gasteiger partial charge in [-0.25, -0.2) is 19.7 Å². The van der Waals surface area contributed by atoms with Crippen LogP contribution in [0.4, 0.5) is 33.8 Å². The van der Waals surface area contributed by atoms with Crippen LogP contribution in [-0.2, 0) is 13.6 Å². The maximum Gasteiger partial charge on any atom is 0.336 e. The van der Waals surface area contributed by atoms with E-state index in [1.807, 2.05) is 20.9 Å². The van der Waals surface area contributed by atoms with Gasteiger partial charge in [0.05, 0.1) is 36.9 Å². The molecule has 218 valence electrons. The Morgan fingerprint density at radius 1 is 1.00 bits per heavy atom. The molecule has 4 aromatic rings. The predicted molar refractivity (Wildman–Crippen MR) is 163 cm³/mol. The van der Waals surface area contributed by atoms with E-state index in [4.69, 9.17) is 9.72 Å². The van der Waals surface area contributed by atoms with Gasteiger partial charge in [0.25, 0.3) is 0 Å². The quantitative estimate of drug-likeness (QED) is 0.332. The van der Waals surface area contributed by atoms with Crippen molar-refractivity contribution < 1.29 is 9.53 Å². The number of urea groups is 1. The van der Waals surface area contributed by atoms with Gasteiger partial charge in [-0.1, -0.05) is 12.1 Å². The van der Waals surface area contributed by atoms with E-state index in [-0.39, 0.29) is 6.03 Å². The van der Waals surface area contributed by atoms with Crippen molar-refractivity contribution in [3.63, 3.8) is 0 Å². The summed E-state index contributed by atoms with van der Waals surface area (Å²) in [6.45, 7) is 8.54. The Balaban J connectivity index is 1.34. The number of ether oxygens (including phenoxy) is 1. The van der Waals surface area contributed by atoms with Crippen LogP contribution in [0.2, 0.25) is 0 Å². The lowest BCUT2D eigenvalue weighted by Crippen LogP contribution is -2.46. The first-order valence-electron chi connectivity index (χ1n) is 14.3. The molecule has 1 saturated heterocycles. The minimum atomic E-state index is -0.261. The van der Waals surface area contributed by atoms with E-state index < -0.39 is 0 Å². The molecule has 0 aliphatic carbocycles. The molecule has 1 fully saturated rings. The second-order valence-corrected chi connectivity index (χ2v) is 11.2. The molecule has 0 atom stereocenters. The van der Waals surface area contributed by atoms with E-state index in [9.17, 15) is 4.79 Å². The summed E-state index contributed by atoms with van der Waals surface area (Å²) in [4.78, 5) is 33.8. The average molecular weight is 568 g/mol. The molecule has 0 unspecified atom stereocenters. The highest BCUT2D eigenvalue weighted by molar-refractivity contribution is 6.10. The van der Waals surface area contributed by atoms with Crippen molar-refractivity contribution in [1.82, 2.24) is 29.6 Å². The third-order valence-corrected chi connectivity index (χ3v) is 8.42. The number of hydrogen-bond acceptors (Lipinski definition) is 8. The highest BCUT2D eigenvalue weighted by atomic mass is 16.5. The number of fused-ring (bicyclic) bond motifs is 1. The number of piperidine rings is 1. The first-order valence-corrected chi connectivity index (χ1v) is 14.3. The maximum absolute atomic E-state index is 14.1. The number of carbonyl (C=O) groups is 1. The number of rotatable bonds is 6. The summed E-state index contributed by atoms with van der Waals surface area (Å²) >= 11 is 0. The zero-order valence-electron chi connectivity index (χ0n) is 25.0. The van der Waals surface area contributed by atoms with Crippen molar-refractivity contribution in [2.45, 2.75) is 46.1 Å². The standard InChI is InChI=1S/C31H37N9O2/c1-19-15-23(22-11-13-37(4)14-12-22)7-9-26(19)34-30-33-16-24-18-39(28-20(2)36-38(5)21(28)3)31(41)40(29(24)35-30)27-10-8-25(42-6)17-32-27/h7-10,15-17,22H,11-14,18H2,1-6H3,(H,33,34,35). The number of nitrogens with one attached hydrogen (secondary N) is 1. The van der Waals surface area contributed by atoms with Crippen LogP contribution >= 0.6 is 0 Å². The number of benzene rings is 1. The monoisotopic (exact) mass is 567 g/mol. The lowest BCUT2D eigenvalue weighted by molar-refractivity contribution is 0.252. The molecule has 5 heterocycles. The van der Waals surface area contributed by atoms with Gasteiger partial charge in [0, 0.05) is 24.5 Å². The van der Waals surface area contributed by atoms with Gasteiger partial charge in [0.1, 0.15) is 11.6 Å². The third kappa shape index (κ3) is 5.04. The number of likely N-dealkylation sites (tertiary alicyclic amines) is 1. The van der Waals surface area contributed by atoms with Crippen LogP contribution in [0.5, 0.6) is 5.75 Å². The number of hydrogen-bond donors (Lipinski definition) is 1. The topological polar surface area (TPSA) is 105 Å². The van der Waals surface area contributed by atoms with Gasteiger partial charge in [0.15, 0.2) is 5.82 Å². The summed E-state index contributed by atoms with van der Waals surface area (Å²) in [5.41, 5.74) is 6.68. The zero-order chi connectivity index (χ0) is 29.5. The van der Waals surface area contributed by atoms with Crippen LogP contribution < -0.4 is 19.9 Å². The maximum atomic E-state index is 14.1. The molecular weight excluding hydrogens is 530 g/mol. The number of amides is 2. The molecule has 0 spiro atoms. The molecule has 1 N–H and O–H groups in total. The fraction of sp³-hybridized carbons (Fsp3) is 0.387. The van der Waals surface area contributed by atoms with Crippen molar-refractivity contribution in [3.8, 4) is 5.75 Å². The van der Waals surface area contributed by atoms with Crippen molar-refractivity contribution >= 4 is 35.0 Å². The van der Waals surface area contributed by atoms with Crippen LogP contribution in [0.1, 0.15) is 46.8 Å². The number of methoxy groups -OCH3 is 1. The molecule has 2 amide bonds. The molecule has 42 heavy (non-hydrogen) atoms. The SMILES string of the molecule is COc1ccc(N2C(=O)N(c3c(C)nn(C)c3C)Cc3cnc(Nc4ccc(C5CCN(C)CC5)cc4C)nc32)nc1. The van der Waals surface area contributed by atoms with E-state index in [0.29, 0.717) is 35.8 Å². The van der Waals surface area contributed by atoms with Crippen molar-refractivity contribution in [1.29, 1.82) is 0 Å². The molecule has 0 bridgehead atoms. The van der Waals surface area contributed by atoms with Gasteiger partial charge >= 0.3 is 6.03 Å². The largest absolute Gasteiger partial charge is 0.495 e. The zero-order valence-corrected chi connectivity index (χ0v) is 25.0. The summed E-state index contributed by atoms with van der Waals surface area (Å²) in [6.07, 6.45) is 5.73. The Labute approximate surface area is 246 Å². The number of aromatic nitrogens is 5. The Morgan fingerprint density at radius 2 is 1.79 bits per heavy atom. The van der Waals surface area contributed by atoms with Gasteiger partial charge in [0.2, 0.25) is 5.95 Å². The van der Waals surface area contributed by atoms with E-state index >= 15 is 0 Å². The molecule has 0 radical (unpaired) electrons. The number of carbonyl (C=O) groups excluding carboxylic acids is 1. The molecule has 11 nitrogen and oxygen atoms in total. The van der Waals surface area contributed by atoms with Crippen molar-refractivity contribution in [3.05, 3.63) is 70.8 Å². The highest BCUT2D eigenvalue weighted by Crippen LogP contribution is 2.38. The van der Waals surface area contributed by atoms with Gasteiger partial charge in [-0.3, -0.25) is 9.58 Å². The molecule has 0 saturated carbocycles. The lowest BCUT2D eigenvalue weighted by atomic mass is 9.88. The number of pyridine rings is 1. The lowest BCUT2D eigenvalue weighted by Gasteiger charge is -2.35. The summed E-state index contributed by atoms with van der Waals surface area (Å²) in [7, 11) is 5.65. The van der Waals surface area contributed by atoms with Crippen molar-refractivity contribution in [2.75, 3.05) is 42.4 Å². The average Bonchev–Trinajstić information content (AvgIpc) is 3.24. The van der Waals surface area contributed by atoms with Gasteiger partial charge in [-0.05, 0) is 89.0 Å². The fourth-order valence-corrected chi connectivity index (χ4v) is 5.92. The van der Waals surface area contributed by atoms with Crippen LogP contribution in [0.15, 0.2) is 42.7 Å². The second kappa shape index (κ2) is 11.1.